The first-order valence-electron chi connectivity index (χ1n) is 12.3. The monoisotopic (exact) mass is 571 g/mol. The van der Waals surface area contributed by atoms with E-state index < -0.39 is 6.09 Å². The van der Waals surface area contributed by atoms with Crippen LogP contribution in [0.1, 0.15) is 64.7 Å². The maximum absolute atomic E-state index is 11.3. The SMILES string of the molecule is CC(C)(C)c1c(CN[C@H]2CCOC2)ccc(-c2cc(-c3nc(Br)cnc3NC(=O)O)on2)c1C(C)(C)C. The van der Waals surface area contributed by atoms with Crippen molar-refractivity contribution in [3.8, 4) is 22.7 Å². The molecule has 0 aliphatic carbocycles. The van der Waals surface area contributed by atoms with Crippen molar-refractivity contribution in [2.75, 3.05) is 18.5 Å². The minimum Gasteiger partial charge on any atom is -0.465 e. The van der Waals surface area contributed by atoms with Gasteiger partial charge in [0.2, 0.25) is 0 Å². The summed E-state index contributed by atoms with van der Waals surface area (Å²) < 4.78 is 11.7. The third-order valence-electron chi connectivity index (χ3n) is 6.29. The highest BCUT2D eigenvalue weighted by molar-refractivity contribution is 9.10. The highest BCUT2D eigenvalue weighted by Crippen LogP contribution is 2.43. The van der Waals surface area contributed by atoms with Gasteiger partial charge in [0, 0.05) is 30.8 Å². The summed E-state index contributed by atoms with van der Waals surface area (Å²) in [5.74, 6) is 0.388. The number of amides is 1. The van der Waals surface area contributed by atoms with Gasteiger partial charge in [-0.1, -0.05) is 58.8 Å². The van der Waals surface area contributed by atoms with Crippen LogP contribution in [-0.2, 0) is 22.1 Å². The largest absolute Gasteiger partial charge is 0.465 e. The maximum atomic E-state index is 11.3. The number of nitrogens with zero attached hydrogens (tertiary/aromatic N) is 3. The number of benzene rings is 1. The fraction of sp³-hybridized carbons (Fsp3) is 0.481. The summed E-state index contributed by atoms with van der Waals surface area (Å²) in [5.41, 5.74) is 5.30. The van der Waals surface area contributed by atoms with Crippen LogP contribution in [0.5, 0.6) is 0 Å². The van der Waals surface area contributed by atoms with Gasteiger partial charge in [0.25, 0.3) is 0 Å². The zero-order valence-electron chi connectivity index (χ0n) is 22.1. The van der Waals surface area contributed by atoms with Crippen molar-refractivity contribution in [3.63, 3.8) is 0 Å². The van der Waals surface area contributed by atoms with Crippen molar-refractivity contribution in [2.24, 2.45) is 0 Å². The van der Waals surface area contributed by atoms with Crippen LogP contribution >= 0.6 is 15.9 Å². The maximum Gasteiger partial charge on any atom is 0.410 e. The number of aromatic nitrogens is 3. The molecule has 1 saturated heterocycles. The Morgan fingerprint density at radius 3 is 2.51 bits per heavy atom. The predicted octanol–water partition coefficient (Wildman–Crippen LogP) is 6.12. The lowest BCUT2D eigenvalue weighted by molar-refractivity contribution is 0.190. The van der Waals surface area contributed by atoms with E-state index >= 15 is 0 Å². The first kappa shape index (κ1) is 27.2. The molecule has 3 heterocycles. The second kappa shape index (κ2) is 10.5. The molecule has 1 atom stereocenters. The number of halogens is 1. The van der Waals surface area contributed by atoms with Crippen LogP contribution in [0.15, 0.2) is 33.5 Å². The molecule has 4 rings (SSSR count). The van der Waals surface area contributed by atoms with Gasteiger partial charge in [0.05, 0.1) is 12.8 Å². The topological polar surface area (TPSA) is 122 Å². The highest BCUT2D eigenvalue weighted by Gasteiger charge is 2.32. The molecule has 0 bridgehead atoms. The number of nitrogens with one attached hydrogen (secondary N) is 2. The van der Waals surface area contributed by atoms with Crippen LogP contribution in [-0.4, -0.2) is 45.6 Å². The standard InChI is InChI=1S/C27H34BrN5O4/c1-26(2,3)21-15(12-29-16-9-10-36-14-16)7-8-17(22(21)27(4,5)6)18-11-19(37-33-18)23-24(32-25(34)35)30-13-20(28)31-23/h7-8,11,13,16,29H,9-10,12,14H2,1-6H3,(H,30,32)(H,34,35)/t16-/m0/s1. The summed E-state index contributed by atoms with van der Waals surface area (Å²) in [6.45, 7) is 15.6. The zero-order valence-corrected chi connectivity index (χ0v) is 23.7. The smallest absolute Gasteiger partial charge is 0.410 e. The van der Waals surface area contributed by atoms with E-state index in [1.54, 1.807) is 6.07 Å². The minimum absolute atomic E-state index is 0.0714. The Morgan fingerprint density at radius 2 is 1.89 bits per heavy atom. The molecule has 198 valence electrons. The molecule has 9 nitrogen and oxygen atoms in total. The number of ether oxygens (including phenoxy) is 1. The Morgan fingerprint density at radius 1 is 1.16 bits per heavy atom. The number of carboxylic acid groups (broad SMARTS) is 1. The quantitative estimate of drug-likeness (QED) is 0.323. The molecule has 1 aliphatic rings. The second-order valence-corrected chi connectivity index (χ2v) is 12.2. The van der Waals surface area contributed by atoms with Crippen LogP contribution < -0.4 is 10.6 Å². The number of hydrogen-bond acceptors (Lipinski definition) is 7. The van der Waals surface area contributed by atoms with Gasteiger partial charge in [-0.2, -0.15) is 0 Å². The Hall–Kier alpha value is -2.82. The van der Waals surface area contributed by atoms with Gasteiger partial charge in [-0.15, -0.1) is 0 Å². The van der Waals surface area contributed by atoms with Crippen molar-refractivity contribution in [3.05, 3.63) is 45.7 Å². The van der Waals surface area contributed by atoms with E-state index in [1.807, 2.05) is 0 Å². The van der Waals surface area contributed by atoms with E-state index in [9.17, 15) is 9.90 Å². The molecule has 1 aliphatic heterocycles. The molecular weight excluding hydrogens is 538 g/mol. The number of anilines is 1. The van der Waals surface area contributed by atoms with Crippen LogP contribution in [0.4, 0.5) is 10.6 Å². The Bertz CT molecular complexity index is 1290. The average Bonchev–Trinajstić information content (AvgIpc) is 3.49. The average molecular weight is 573 g/mol. The summed E-state index contributed by atoms with van der Waals surface area (Å²) >= 11 is 3.30. The zero-order chi connectivity index (χ0) is 27.0. The molecule has 2 aromatic heterocycles. The Labute approximate surface area is 225 Å². The lowest BCUT2D eigenvalue weighted by atomic mass is 9.70. The molecule has 0 unspecified atom stereocenters. The van der Waals surface area contributed by atoms with E-state index in [-0.39, 0.29) is 22.3 Å². The third-order valence-corrected chi connectivity index (χ3v) is 6.67. The molecule has 37 heavy (non-hydrogen) atoms. The normalized spacial score (nSPS) is 16.2. The first-order chi connectivity index (χ1) is 17.3. The summed E-state index contributed by atoms with van der Waals surface area (Å²) in [5, 5.41) is 19.5. The molecule has 3 aromatic rings. The van der Waals surface area contributed by atoms with Crippen LogP contribution in [0.2, 0.25) is 0 Å². The van der Waals surface area contributed by atoms with Crippen LogP contribution in [0.25, 0.3) is 22.7 Å². The molecule has 10 heteroatoms. The van der Waals surface area contributed by atoms with Gasteiger partial charge in [-0.3, -0.25) is 5.32 Å². The molecule has 1 aromatic carbocycles. The molecule has 1 amide bonds. The van der Waals surface area contributed by atoms with Crippen molar-refractivity contribution in [1.29, 1.82) is 0 Å². The van der Waals surface area contributed by atoms with Gasteiger partial charge in [-0.05, 0) is 49.9 Å². The van der Waals surface area contributed by atoms with Crippen molar-refractivity contribution < 1.29 is 19.2 Å². The Balaban J connectivity index is 1.81. The highest BCUT2D eigenvalue weighted by atomic mass is 79.9. The van der Waals surface area contributed by atoms with E-state index in [4.69, 9.17) is 9.26 Å². The second-order valence-electron chi connectivity index (χ2n) is 11.4. The van der Waals surface area contributed by atoms with Gasteiger partial charge in [0.1, 0.15) is 10.3 Å². The summed E-state index contributed by atoms with van der Waals surface area (Å²) in [7, 11) is 0. The van der Waals surface area contributed by atoms with Gasteiger partial charge < -0.3 is 19.7 Å². The molecule has 0 radical (unpaired) electrons. The van der Waals surface area contributed by atoms with Crippen molar-refractivity contribution in [1.82, 2.24) is 20.4 Å². The summed E-state index contributed by atoms with van der Waals surface area (Å²) in [6, 6.07) is 6.42. The lowest BCUT2D eigenvalue weighted by Crippen LogP contribution is -2.31. The van der Waals surface area contributed by atoms with E-state index in [2.05, 4.69) is 95.4 Å². The molecule has 3 N–H and O–H groups in total. The fourth-order valence-corrected chi connectivity index (χ4v) is 5.12. The summed E-state index contributed by atoms with van der Waals surface area (Å²) in [4.78, 5) is 19.8. The van der Waals surface area contributed by atoms with Gasteiger partial charge in [0.15, 0.2) is 17.3 Å². The Kier molecular flexibility index (Phi) is 7.73. The van der Waals surface area contributed by atoms with Gasteiger partial charge in [-0.25, -0.2) is 14.8 Å². The minimum atomic E-state index is -1.24. The predicted molar refractivity (Wildman–Crippen MR) is 146 cm³/mol. The van der Waals surface area contributed by atoms with Gasteiger partial charge >= 0.3 is 6.09 Å². The molecule has 1 fully saturated rings. The summed E-state index contributed by atoms with van der Waals surface area (Å²) in [6.07, 6.45) is 1.20. The molecule has 0 saturated carbocycles. The van der Waals surface area contributed by atoms with E-state index in [0.717, 1.165) is 31.7 Å². The fourth-order valence-electron chi connectivity index (χ4n) is 4.84. The lowest BCUT2D eigenvalue weighted by Gasteiger charge is -2.34. The molecule has 0 spiro atoms. The van der Waals surface area contributed by atoms with Crippen LogP contribution in [0.3, 0.4) is 0 Å². The first-order valence-corrected chi connectivity index (χ1v) is 13.1. The third kappa shape index (κ3) is 6.19. The molecular formula is C27H34BrN5O4. The number of carbonyl (C=O) groups is 1. The van der Waals surface area contributed by atoms with E-state index in [0.29, 0.717) is 22.1 Å². The van der Waals surface area contributed by atoms with Crippen molar-refractivity contribution in [2.45, 2.75) is 71.4 Å². The number of rotatable bonds is 6. The van der Waals surface area contributed by atoms with Crippen LogP contribution in [0, 0.1) is 0 Å². The van der Waals surface area contributed by atoms with E-state index in [1.165, 1.54) is 22.9 Å². The van der Waals surface area contributed by atoms with Crippen molar-refractivity contribution >= 4 is 27.8 Å². The number of hydrogen-bond donors (Lipinski definition) is 3.